The van der Waals surface area contributed by atoms with Gasteiger partial charge in [0.15, 0.2) is 0 Å². The minimum Gasteiger partial charge on any atom is -0.350 e. The maximum atomic E-state index is 12.9. The number of anilines is 1. The first-order valence-corrected chi connectivity index (χ1v) is 8.57. The number of amides is 2. The normalized spacial score (nSPS) is 12.9. The Bertz CT molecular complexity index is 743. The van der Waals surface area contributed by atoms with Crippen LogP contribution in [-0.2, 0) is 4.79 Å². The molecule has 2 amide bonds. The standard InChI is InChI=1S/C20H24FN3O2/c1-13(22)3-12-19(25)23-14(2)15-6-10-18(11-7-15)24-20(26)16-4-8-17(21)9-5-16/h4-11,13-14H,3,12,22H2,1-2H3,(H,23,25)(H,24,26). The summed E-state index contributed by atoms with van der Waals surface area (Å²) in [5, 5.41) is 5.68. The number of benzene rings is 2. The Morgan fingerprint density at radius 3 is 2.23 bits per heavy atom. The van der Waals surface area contributed by atoms with E-state index in [0.29, 0.717) is 24.1 Å². The lowest BCUT2D eigenvalue weighted by Gasteiger charge is -2.15. The van der Waals surface area contributed by atoms with Crippen molar-refractivity contribution in [1.29, 1.82) is 0 Å². The quantitative estimate of drug-likeness (QED) is 0.710. The van der Waals surface area contributed by atoms with Crippen LogP contribution in [0.3, 0.4) is 0 Å². The second kappa shape index (κ2) is 9.10. The van der Waals surface area contributed by atoms with Crippen LogP contribution in [0.1, 0.15) is 48.7 Å². The van der Waals surface area contributed by atoms with E-state index in [1.165, 1.54) is 24.3 Å². The van der Waals surface area contributed by atoms with Crippen LogP contribution in [0.5, 0.6) is 0 Å². The topological polar surface area (TPSA) is 84.2 Å². The van der Waals surface area contributed by atoms with Gasteiger partial charge < -0.3 is 16.4 Å². The van der Waals surface area contributed by atoms with Gasteiger partial charge in [-0.25, -0.2) is 4.39 Å². The summed E-state index contributed by atoms with van der Waals surface area (Å²) in [7, 11) is 0. The monoisotopic (exact) mass is 357 g/mol. The molecule has 0 aliphatic carbocycles. The summed E-state index contributed by atoms with van der Waals surface area (Å²) in [5.74, 6) is -0.735. The molecule has 0 saturated heterocycles. The molecule has 6 heteroatoms. The lowest BCUT2D eigenvalue weighted by molar-refractivity contribution is -0.121. The van der Waals surface area contributed by atoms with E-state index in [2.05, 4.69) is 10.6 Å². The van der Waals surface area contributed by atoms with Crippen LogP contribution >= 0.6 is 0 Å². The zero-order valence-electron chi connectivity index (χ0n) is 15.0. The van der Waals surface area contributed by atoms with E-state index in [9.17, 15) is 14.0 Å². The molecular weight excluding hydrogens is 333 g/mol. The summed E-state index contributed by atoms with van der Waals surface area (Å²) < 4.78 is 12.9. The van der Waals surface area contributed by atoms with Gasteiger partial charge in [-0.3, -0.25) is 9.59 Å². The second-order valence-corrected chi connectivity index (χ2v) is 6.39. The molecule has 0 aromatic heterocycles. The third kappa shape index (κ3) is 5.97. The number of carbonyl (C=O) groups is 2. The molecule has 0 heterocycles. The minimum absolute atomic E-state index is 0.0000540. The van der Waals surface area contributed by atoms with Gasteiger partial charge in [0.1, 0.15) is 5.82 Å². The van der Waals surface area contributed by atoms with Crippen molar-refractivity contribution in [1.82, 2.24) is 5.32 Å². The van der Waals surface area contributed by atoms with Gasteiger partial charge in [-0.1, -0.05) is 12.1 Å². The first-order valence-electron chi connectivity index (χ1n) is 8.57. The number of nitrogens with two attached hydrogens (primary N) is 1. The van der Waals surface area contributed by atoms with Gasteiger partial charge in [-0.05, 0) is 62.2 Å². The third-order valence-electron chi connectivity index (χ3n) is 3.98. The van der Waals surface area contributed by atoms with Gasteiger partial charge in [-0.2, -0.15) is 0 Å². The van der Waals surface area contributed by atoms with E-state index in [1.54, 1.807) is 12.1 Å². The molecule has 5 nitrogen and oxygen atoms in total. The number of hydrogen-bond donors (Lipinski definition) is 3. The van der Waals surface area contributed by atoms with Crippen LogP contribution in [0.15, 0.2) is 48.5 Å². The van der Waals surface area contributed by atoms with Crippen molar-refractivity contribution >= 4 is 17.5 Å². The van der Waals surface area contributed by atoms with Crippen LogP contribution in [0.2, 0.25) is 0 Å². The van der Waals surface area contributed by atoms with Gasteiger partial charge in [0, 0.05) is 23.7 Å². The molecule has 2 aromatic rings. The first-order chi connectivity index (χ1) is 12.3. The molecular formula is C20H24FN3O2. The van der Waals surface area contributed by atoms with Crippen LogP contribution in [0.4, 0.5) is 10.1 Å². The van der Waals surface area contributed by atoms with Gasteiger partial charge in [0.25, 0.3) is 5.91 Å². The maximum absolute atomic E-state index is 12.9. The van der Waals surface area contributed by atoms with Crippen molar-refractivity contribution in [2.24, 2.45) is 5.73 Å². The summed E-state index contributed by atoms with van der Waals surface area (Å²) in [6.45, 7) is 3.77. The average molecular weight is 357 g/mol. The van der Waals surface area contributed by atoms with Gasteiger partial charge >= 0.3 is 0 Å². The summed E-state index contributed by atoms with van der Waals surface area (Å²) in [6.07, 6.45) is 1.04. The van der Waals surface area contributed by atoms with Crippen molar-refractivity contribution in [3.05, 3.63) is 65.5 Å². The lowest BCUT2D eigenvalue weighted by atomic mass is 10.1. The van der Waals surface area contributed by atoms with Crippen molar-refractivity contribution in [3.63, 3.8) is 0 Å². The lowest BCUT2D eigenvalue weighted by Crippen LogP contribution is -2.28. The highest BCUT2D eigenvalue weighted by Crippen LogP contribution is 2.17. The molecule has 138 valence electrons. The van der Waals surface area contributed by atoms with Crippen molar-refractivity contribution in [2.75, 3.05) is 5.32 Å². The maximum Gasteiger partial charge on any atom is 0.255 e. The van der Waals surface area contributed by atoms with Gasteiger partial charge in [-0.15, -0.1) is 0 Å². The Morgan fingerprint density at radius 2 is 1.65 bits per heavy atom. The van der Waals surface area contributed by atoms with Gasteiger partial charge in [0.05, 0.1) is 6.04 Å². The zero-order chi connectivity index (χ0) is 19.1. The van der Waals surface area contributed by atoms with E-state index >= 15 is 0 Å². The zero-order valence-corrected chi connectivity index (χ0v) is 15.0. The van der Waals surface area contributed by atoms with E-state index in [-0.39, 0.29) is 29.7 Å². The largest absolute Gasteiger partial charge is 0.350 e. The summed E-state index contributed by atoms with van der Waals surface area (Å²) in [5.41, 5.74) is 7.59. The highest BCUT2D eigenvalue weighted by molar-refractivity contribution is 6.04. The molecule has 2 atom stereocenters. The van der Waals surface area contributed by atoms with E-state index in [1.807, 2.05) is 26.0 Å². The number of nitrogens with one attached hydrogen (secondary N) is 2. The molecule has 0 radical (unpaired) electrons. The van der Waals surface area contributed by atoms with Crippen LogP contribution < -0.4 is 16.4 Å². The average Bonchev–Trinajstić information content (AvgIpc) is 2.61. The Kier molecular flexibility index (Phi) is 6.86. The Labute approximate surface area is 152 Å². The molecule has 4 N–H and O–H groups in total. The van der Waals surface area contributed by atoms with Crippen molar-refractivity contribution in [3.8, 4) is 0 Å². The molecule has 2 aromatic carbocycles. The fourth-order valence-corrected chi connectivity index (χ4v) is 2.42. The first kappa shape index (κ1) is 19.6. The predicted molar refractivity (Wildman–Crippen MR) is 100 cm³/mol. The number of hydrogen-bond acceptors (Lipinski definition) is 3. The van der Waals surface area contributed by atoms with Crippen LogP contribution in [0, 0.1) is 5.82 Å². The number of carbonyl (C=O) groups excluding carboxylic acids is 2. The van der Waals surface area contributed by atoms with E-state index < -0.39 is 0 Å². The highest BCUT2D eigenvalue weighted by Gasteiger charge is 2.11. The molecule has 0 aliphatic rings. The smallest absolute Gasteiger partial charge is 0.255 e. The Hall–Kier alpha value is -2.73. The van der Waals surface area contributed by atoms with Gasteiger partial charge in [0.2, 0.25) is 5.91 Å². The highest BCUT2D eigenvalue weighted by atomic mass is 19.1. The SMILES string of the molecule is CC(N)CCC(=O)NC(C)c1ccc(NC(=O)c2ccc(F)cc2)cc1. The summed E-state index contributed by atoms with van der Waals surface area (Å²) in [4.78, 5) is 24.0. The number of rotatable bonds is 7. The molecule has 26 heavy (non-hydrogen) atoms. The van der Waals surface area contributed by atoms with Crippen LogP contribution in [-0.4, -0.2) is 17.9 Å². The van der Waals surface area contributed by atoms with Crippen molar-refractivity contribution in [2.45, 2.75) is 38.8 Å². The Morgan fingerprint density at radius 1 is 1.04 bits per heavy atom. The fourth-order valence-electron chi connectivity index (χ4n) is 2.42. The predicted octanol–water partition coefficient (Wildman–Crippen LogP) is 3.38. The molecule has 0 saturated carbocycles. The molecule has 2 rings (SSSR count). The molecule has 0 fully saturated rings. The van der Waals surface area contributed by atoms with E-state index in [4.69, 9.17) is 5.73 Å². The number of halogens is 1. The summed E-state index contributed by atoms with van der Waals surface area (Å²) in [6, 6.07) is 12.4. The second-order valence-electron chi connectivity index (χ2n) is 6.39. The summed E-state index contributed by atoms with van der Waals surface area (Å²) >= 11 is 0. The van der Waals surface area contributed by atoms with Crippen LogP contribution in [0.25, 0.3) is 0 Å². The van der Waals surface area contributed by atoms with E-state index in [0.717, 1.165) is 5.56 Å². The third-order valence-corrected chi connectivity index (χ3v) is 3.98. The fraction of sp³-hybridized carbons (Fsp3) is 0.300. The minimum atomic E-state index is -0.386. The molecule has 0 spiro atoms. The molecule has 2 unspecified atom stereocenters. The Balaban J connectivity index is 1.91. The molecule has 0 bridgehead atoms. The molecule has 0 aliphatic heterocycles. The van der Waals surface area contributed by atoms with Crippen molar-refractivity contribution < 1.29 is 14.0 Å².